The molecule has 9 aromatic rings. The zero-order valence-electron chi connectivity index (χ0n) is 85.0. The number of benzene rings is 9. The SMILES string of the molecule is CC(C)(C)OC(=O)C1C[C@@H]1[C@H]1COC(C)(C)O1.CC(C)(C)OC(=O)N[C@@H](Cc1ccc(OCc2ccccc2)c(F)c1)[C@H](O)CO.CC(C)(C)OC(=O)N[C@@H](Cc1ccc(OCc2ccccc2)c(F)c1)[C@H]1CO1.CC(C)(C)OC(=O)N[C@@H](Cc1ccc(OCc2ccccc2)c(F)c1)[C@H]1COC(C)(C)O1.COC(C)(OC)OC.Fc1cc(Br)ccc1OCc1ccccc1.Oc1ccc(Br)cc1F.[3H][P+](P)=S. The Hall–Kier alpha value is -9.58. The van der Waals surface area contributed by atoms with Crippen LogP contribution in [0, 0.1) is 40.9 Å². The Morgan fingerprint density at radius 1 is 0.465 bits per heavy atom. The lowest BCUT2D eigenvalue weighted by Crippen LogP contribution is -2.48. The van der Waals surface area contributed by atoms with Crippen molar-refractivity contribution in [3.63, 3.8) is 0 Å². The third-order valence-electron chi connectivity index (χ3n) is 20.3. The number of alkyl carbamates (subject to hydrolysis) is 3. The summed E-state index contributed by atoms with van der Waals surface area (Å²) < 4.78 is 163. The number of rotatable bonds is 30. The van der Waals surface area contributed by atoms with E-state index in [2.05, 4.69) is 68.5 Å². The Labute approximate surface area is 857 Å². The van der Waals surface area contributed by atoms with Gasteiger partial charge in [-0.3, -0.25) is 4.79 Å². The summed E-state index contributed by atoms with van der Waals surface area (Å²) in [6, 6.07) is 59.6. The summed E-state index contributed by atoms with van der Waals surface area (Å²) >= 11 is 10.6. The van der Waals surface area contributed by atoms with Crippen molar-refractivity contribution in [1.29, 1.82) is 1.28 Å². The Morgan fingerprint density at radius 3 is 1.08 bits per heavy atom. The van der Waals surface area contributed by atoms with E-state index in [4.69, 9.17) is 82.2 Å². The number of aliphatic hydroxyl groups is 2. The van der Waals surface area contributed by atoms with E-state index >= 15 is 0 Å². The highest BCUT2D eigenvalue weighted by Gasteiger charge is 2.54. The fraction of sp³-hybridized carbons (Fsp3) is 0.453. The molecule has 13 rings (SSSR count). The maximum Gasteiger partial charge on any atom is 0.407 e. The second-order valence-corrected chi connectivity index (χ2v) is 42.5. The normalized spacial score (nSPS) is 17.3. The number of esters is 1. The van der Waals surface area contributed by atoms with Crippen molar-refractivity contribution < 1.29 is 132 Å². The summed E-state index contributed by atoms with van der Waals surface area (Å²) in [6.07, 6.45) is -1.68. The highest BCUT2D eigenvalue weighted by molar-refractivity contribution is 9.10. The topological polar surface area (TPSA) is 316 Å². The van der Waals surface area contributed by atoms with Crippen LogP contribution in [0.1, 0.15) is 163 Å². The van der Waals surface area contributed by atoms with Gasteiger partial charge in [-0.05, 0) is 248 Å². The van der Waals surface area contributed by atoms with Gasteiger partial charge in [-0.25, -0.2) is 36.3 Å². The number of aromatic hydroxyl groups is 1. The Morgan fingerprint density at radius 2 is 0.789 bits per heavy atom. The van der Waals surface area contributed by atoms with Crippen LogP contribution in [0.3, 0.4) is 0 Å². The van der Waals surface area contributed by atoms with Crippen molar-refractivity contribution in [2.75, 3.05) is 47.8 Å². The number of nitrogens with one attached hydrogen (secondary N) is 3. The number of amides is 3. The Balaban J connectivity index is 0.000000264. The molecule has 1 aliphatic carbocycles. The fourth-order valence-electron chi connectivity index (χ4n) is 13.1. The smallest absolute Gasteiger partial charge is 0.407 e. The first-order valence-corrected chi connectivity index (χ1v) is 50.9. The first kappa shape index (κ1) is 119. The third kappa shape index (κ3) is 48.0. The molecule has 3 amide bonds. The highest BCUT2D eigenvalue weighted by atomic mass is 79.9. The van der Waals surface area contributed by atoms with Crippen molar-refractivity contribution in [1.82, 2.24) is 16.0 Å². The van der Waals surface area contributed by atoms with Crippen molar-refractivity contribution in [2.24, 2.45) is 11.8 Å². The number of halogens is 7. The highest BCUT2D eigenvalue weighted by Crippen LogP contribution is 2.47. The van der Waals surface area contributed by atoms with Gasteiger partial charge in [0, 0.05) is 43.1 Å². The second-order valence-electron chi connectivity index (χ2n) is 37.9. The summed E-state index contributed by atoms with van der Waals surface area (Å²) in [4.78, 5) is 48.3. The molecule has 3 heterocycles. The number of methoxy groups -OCH3 is 3. The van der Waals surface area contributed by atoms with E-state index in [0.29, 0.717) is 65.9 Å². The predicted octanol–water partition coefficient (Wildman–Crippen LogP) is 22.5. The zero-order chi connectivity index (χ0) is 106. The van der Waals surface area contributed by atoms with E-state index < -0.39 is 119 Å². The molecule has 9 aromatic carbocycles. The average molecular weight is 2170 g/mol. The molecule has 1 saturated carbocycles. The number of ether oxygens (including phenoxy) is 16. The molecule has 6 N–H and O–H groups in total. The van der Waals surface area contributed by atoms with Gasteiger partial charge in [0.25, 0.3) is 5.97 Å². The molecule has 142 heavy (non-hydrogen) atoms. The summed E-state index contributed by atoms with van der Waals surface area (Å²) in [5.41, 5.74) is 3.52. The molecule has 3 unspecified atom stereocenters. The number of carbonyl (C=O) groups is 4. The molecule has 11 atom stereocenters. The number of phenols is 1. The van der Waals surface area contributed by atoms with Gasteiger partial charge in [0.05, 0.1) is 71.6 Å². The Kier molecular flexibility index (Phi) is 49.2. The number of carbonyl (C=O) groups excluding carboxylic acids is 4. The van der Waals surface area contributed by atoms with Crippen molar-refractivity contribution in [3.05, 3.63) is 289 Å². The van der Waals surface area contributed by atoms with E-state index in [1.807, 2.05) is 170 Å². The largest absolute Gasteiger partial charge is 0.505 e. The standard InChI is InChI=1S/C25H32FNO5.C22H28FNO5.C22H26FNO4.C13H10BrFO.C13H22O4.C6H4BrFO.C5H12O3.H2P2S/c1-24(2,3)32-23(28)27-20(22-16-30-25(4,5)31-22)14-18-11-12-21(19(26)13-18)29-15-17-9-7-6-8-10-17;1-22(2,3)29-21(27)24-18(19(26)13-25)12-16-9-10-20(17(23)11-16)28-14-15-7-5-4-6-8-15;1-22(2,3)28-21(25)24-18(20-14-27-20)12-16-9-10-19(17(23)11-16)26-13-15-7-5-4-6-8-15;14-11-6-7-13(12(15)8-11)16-9-10-4-2-1-3-5-10;1-12(2,3)17-11(14)9-6-8(9)10-7-15-13(4,5)16-10;7-4-1-2-6(9)5(8)3-4;1-5(6-2,7-3)8-4;1-2-3/h6-13,20,22H,14-16H2,1-5H3,(H,27,28);4-11,18-19,25-26H,12-14H2,1-3H3,(H,24,27);4-11,18,20H,12-14H2,1-3H3,(H,24,25);1-8H,9H2;8-10H,6-7H2,1-5H3;1-3,9H;1-4H3;1H2/p+1/t20-,22+;18-,19+;18-,20+;;8-,9?,10+;;;/m000.0.../s1/i/hT. The lowest BCUT2D eigenvalue weighted by Gasteiger charge is -2.27. The van der Waals surface area contributed by atoms with Gasteiger partial charge in [-0.1, -0.05) is 171 Å². The number of aliphatic hydroxyl groups excluding tert-OH is 2. The first-order valence-electron chi connectivity index (χ1n) is 46.2. The van der Waals surface area contributed by atoms with Crippen LogP contribution in [-0.4, -0.2) is 171 Å². The molecule has 4 aliphatic rings. The van der Waals surface area contributed by atoms with Crippen LogP contribution in [0.4, 0.5) is 36.3 Å². The minimum absolute atomic E-state index is 0.00303. The maximum absolute atomic E-state index is 14.7. The molecule has 4 fully saturated rings. The van der Waals surface area contributed by atoms with E-state index in [-0.39, 0.29) is 90.3 Å². The van der Waals surface area contributed by atoms with E-state index in [0.717, 1.165) is 34.2 Å². The van der Waals surface area contributed by atoms with Gasteiger partial charge >= 0.3 is 25.5 Å². The minimum Gasteiger partial charge on any atom is -0.505 e. The van der Waals surface area contributed by atoms with Crippen molar-refractivity contribution in [2.45, 2.75) is 252 Å². The molecule has 3 saturated heterocycles. The van der Waals surface area contributed by atoms with Crippen LogP contribution in [0.2, 0.25) is 0 Å². The molecule has 26 nitrogen and oxygen atoms in total. The van der Waals surface area contributed by atoms with Gasteiger partial charge in [0.2, 0.25) is 0 Å². The zero-order valence-corrected chi connectivity index (χ0v) is 90.0. The molecular weight excluding hydrogens is 2030 g/mol. The minimum atomic E-state index is -1.22. The van der Waals surface area contributed by atoms with E-state index in [1.165, 1.54) is 63.8 Å². The van der Waals surface area contributed by atoms with Gasteiger partial charge in [0.1, 0.15) is 61.0 Å². The summed E-state index contributed by atoms with van der Waals surface area (Å²) in [5.74, 6) is -3.93. The van der Waals surface area contributed by atoms with Crippen LogP contribution in [-0.2, 0) is 119 Å². The predicted molar refractivity (Wildman–Crippen MR) is 548 cm³/mol. The van der Waals surface area contributed by atoms with Crippen LogP contribution in [0.25, 0.3) is 0 Å². The average Bonchev–Trinajstić information content (AvgIpc) is 1.62. The second kappa shape index (κ2) is 58.5. The van der Waals surface area contributed by atoms with E-state index in [1.54, 1.807) is 118 Å². The van der Waals surface area contributed by atoms with Crippen LogP contribution in [0.5, 0.6) is 28.7 Å². The Bertz CT molecular complexity index is 5390. The molecule has 36 heteroatoms. The van der Waals surface area contributed by atoms with Gasteiger partial charge in [-0.2, -0.15) is 0 Å². The summed E-state index contributed by atoms with van der Waals surface area (Å²) in [7, 11) is 6.77. The van der Waals surface area contributed by atoms with E-state index in [9.17, 15) is 51.3 Å². The lowest BCUT2D eigenvalue weighted by atomic mass is 10.0. The number of hydrogen-bond acceptors (Lipinski definition) is 24. The first-order chi connectivity index (χ1) is 67.0. The molecule has 0 radical (unpaired) electrons. The quantitative estimate of drug-likeness (QED) is 0.00608. The molecule has 778 valence electrons. The van der Waals surface area contributed by atoms with Gasteiger partial charge < -0.3 is 107 Å². The van der Waals surface area contributed by atoms with Crippen LogP contribution >= 0.6 is 47.8 Å². The van der Waals surface area contributed by atoms with Gasteiger partial charge in [-0.15, -0.1) is 0 Å². The third-order valence-corrected chi connectivity index (χ3v) is 21.3. The summed E-state index contributed by atoms with van der Waals surface area (Å²) in [6.45, 7) is 32.0. The molecular formula is C106H137Br2F5N3O23P2S+. The number of phenolic OH excluding ortho intramolecular Hbond substituents is 1. The monoisotopic (exact) mass is 2170 g/mol. The van der Waals surface area contributed by atoms with Crippen LogP contribution < -0.4 is 34.9 Å². The molecule has 0 aromatic heterocycles. The maximum atomic E-state index is 14.7. The fourth-order valence-corrected chi connectivity index (χ4v) is 13.8. The number of hydrogen-bond donors (Lipinski definition) is 6. The van der Waals surface area contributed by atoms with Crippen LogP contribution in [0.15, 0.2) is 221 Å². The molecule has 0 spiro atoms. The van der Waals surface area contributed by atoms with Gasteiger partial charge in [0.15, 0.2) is 88.2 Å². The molecule has 3 aliphatic heterocycles. The lowest BCUT2D eigenvalue weighted by molar-refractivity contribution is -0.340. The van der Waals surface area contributed by atoms with Crippen molar-refractivity contribution in [3.8, 4) is 28.7 Å². The number of epoxide rings is 1. The summed E-state index contributed by atoms with van der Waals surface area (Å²) in [5, 5.41) is 36.2. The van der Waals surface area contributed by atoms with Crippen molar-refractivity contribution >= 4 is 83.8 Å². The molecule has 0 bridgehead atoms.